The summed E-state index contributed by atoms with van der Waals surface area (Å²) in [4.78, 5) is 4.79. The van der Waals surface area contributed by atoms with E-state index in [4.69, 9.17) is 0 Å². The van der Waals surface area contributed by atoms with E-state index >= 15 is 0 Å². The smallest absolute Gasteiger partial charge is 0.0540 e. The maximum atomic E-state index is 4.17. The lowest BCUT2D eigenvalue weighted by molar-refractivity contribution is 1.28. The van der Waals surface area contributed by atoms with Crippen molar-refractivity contribution in [1.29, 1.82) is 0 Å². The average molecular weight is 645 g/mol. The van der Waals surface area contributed by atoms with E-state index in [0.29, 0.717) is 0 Å². The van der Waals surface area contributed by atoms with Crippen molar-refractivity contribution >= 4 is 77.6 Å². The number of hydrogen-bond acceptors (Lipinski definition) is 2. The van der Waals surface area contributed by atoms with E-state index < -0.39 is 0 Å². The molecule has 0 aromatic heterocycles. The van der Waals surface area contributed by atoms with Crippen molar-refractivity contribution in [3.8, 4) is 0 Å². The fourth-order valence-corrected chi connectivity index (χ4v) is 7.34. The van der Waals surface area contributed by atoms with Crippen LogP contribution in [0.2, 0.25) is 0 Å². The molecular formula is C48H40N2. The van der Waals surface area contributed by atoms with Gasteiger partial charge in [0.25, 0.3) is 0 Å². The molecule has 0 atom stereocenters. The van der Waals surface area contributed by atoms with Crippen molar-refractivity contribution in [3.05, 3.63) is 181 Å². The molecule has 0 heterocycles. The van der Waals surface area contributed by atoms with Gasteiger partial charge in [-0.2, -0.15) is 0 Å². The highest BCUT2D eigenvalue weighted by molar-refractivity contribution is 6.28. The van der Waals surface area contributed by atoms with Gasteiger partial charge in [-0.25, -0.2) is 0 Å². The summed E-state index contributed by atoms with van der Waals surface area (Å²) in [5.41, 5.74) is 13.6. The molecule has 8 aromatic rings. The van der Waals surface area contributed by atoms with Crippen molar-refractivity contribution in [2.75, 3.05) is 9.80 Å². The minimum atomic E-state index is 1.06. The van der Waals surface area contributed by atoms with Crippen LogP contribution in [0.3, 0.4) is 0 Å². The van der Waals surface area contributed by atoms with E-state index in [-0.39, 0.29) is 0 Å². The Hall–Kier alpha value is -6.12. The van der Waals surface area contributed by atoms with E-state index in [1.54, 1.807) is 0 Å². The summed E-state index contributed by atoms with van der Waals surface area (Å²) in [6, 6.07) is 53.4. The zero-order valence-corrected chi connectivity index (χ0v) is 29.2. The second-order valence-electron chi connectivity index (χ2n) is 13.6. The van der Waals surface area contributed by atoms with Crippen LogP contribution in [0.25, 0.3) is 43.5 Å². The van der Waals surface area contributed by atoms with Gasteiger partial charge in [-0.3, -0.25) is 0 Å². The van der Waals surface area contributed by atoms with E-state index in [1.807, 2.05) is 0 Å². The van der Waals surface area contributed by atoms with Gasteiger partial charge in [0.05, 0.1) is 11.4 Å². The van der Waals surface area contributed by atoms with Crippen molar-refractivity contribution in [1.82, 2.24) is 0 Å². The third-order valence-corrected chi connectivity index (χ3v) is 9.86. The third kappa shape index (κ3) is 5.40. The zero-order valence-electron chi connectivity index (χ0n) is 29.2. The molecule has 2 nitrogen and oxygen atoms in total. The molecule has 0 saturated carbocycles. The van der Waals surface area contributed by atoms with Gasteiger partial charge in [0.15, 0.2) is 0 Å². The van der Waals surface area contributed by atoms with Crippen LogP contribution in [0, 0.1) is 13.8 Å². The standard InChI is InChI=1S/C48H40N2/c1-31(2)35-13-21-39(22-14-35)49(41-11-7-9-33(5)29-41)45-27-19-37-18-26-44-46(28-20-38-17-25-43(45)47(37)48(38)44)50(42-12-8-10-34(6)30-42)40-23-15-36(16-24-40)32(3)4/h7-30H,1,3H2,2,4-6H3. The van der Waals surface area contributed by atoms with Crippen LogP contribution in [0.1, 0.15) is 36.1 Å². The molecule has 8 aromatic carbocycles. The molecule has 0 radical (unpaired) electrons. The van der Waals surface area contributed by atoms with Crippen molar-refractivity contribution < 1.29 is 0 Å². The molecule has 242 valence electrons. The largest absolute Gasteiger partial charge is 0.310 e. The fourth-order valence-electron chi connectivity index (χ4n) is 7.34. The molecule has 0 fully saturated rings. The number of aryl methyl sites for hydroxylation is 2. The van der Waals surface area contributed by atoms with Crippen LogP contribution >= 0.6 is 0 Å². The normalized spacial score (nSPS) is 11.4. The molecule has 0 spiro atoms. The molecule has 0 bridgehead atoms. The average Bonchev–Trinajstić information content (AvgIpc) is 3.12. The van der Waals surface area contributed by atoms with Crippen LogP contribution < -0.4 is 9.80 Å². The summed E-state index contributed by atoms with van der Waals surface area (Å²) >= 11 is 0. The molecule has 0 amide bonds. The maximum Gasteiger partial charge on any atom is 0.0540 e. The van der Waals surface area contributed by atoms with Crippen LogP contribution in [-0.4, -0.2) is 0 Å². The van der Waals surface area contributed by atoms with Gasteiger partial charge in [-0.1, -0.05) is 109 Å². The van der Waals surface area contributed by atoms with Gasteiger partial charge >= 0.3 is 0 Å². The Labute approximate surface area is 295 Å². The molecule has 0 saturated heterocycles. The van der Waals surface area contributed by atoms with Crippen molar-refractivity contribution in [2.24, 2.45) is 0 Å². The lowest BCUT2D eigenvalue weighted by Crippen LogP contribution is -2.11. The highest BCUT2D eigenvalue weighted by Crippen LogP contribution is 2.47. The maximum absolute atomic E-state index is 4.17. The van der Waals surface area contributed by atoms with Gasteiger partial charge in [0.1, 0.15) is 0 Å². The summed E-state index contributed by atoms with van der Waals surface area (Å²) in [6.07, 6.45) is 0. The highest BCUT2D eigenvalue weighted by atomic mass is 15.1. The Morgan fingerprint density at radius 2 is 0.800 bits per heavy atom. The van der Waals surface area contributed by atoms with E-state index in [0.717, 1.165) is 56.4 Å². The van der Waals surface area contributed by atoms with Gasteiger partial charge in [0, 0.05) is 33.5 Å². The lowest BCUT2D eigenvalue weighted by atomic mass is 9.91. The molecule has 2 heteroatoms. The van der Waals surface area contributed by atoms with Gasteiger partial charge in [-0.05, 0) is 132 Å². The number of nitrogens with zero attached hydrogens (tertiary/aromatic N) is 2. The first-order valence-electron chi connectivity index (χ1n) is 17.2. The number of rotatable bonds is 8. The molecular weight excluding hydrogens is 605 g/mol. The van der Waals surface area contributed by atoms with Crippen molar-refractivity contribution in [2.45, 2.75) is 27.7 Å². The second kappa shape index (κ2) is 12.4. The number of anilines is 6. The molecule has 50 heavy (non-hydrogen) atoms. The Kier molecular flexibility index (Phi) is 7.73. The monoisotopic (exact) mass is 644 g/mol. The Balaban J connectivity index is 1.38. The molecule has 0 aliphatic heterocycles. The van der Waals surface area contributed by atoms with Crippen LogP contribution in [0.4, 0.5) is 34.1 Å². The Morgan fingerprint density at radius 3 is 1.16 bits per heavy atom. The molecule has 8 rings (SSSR count). The van der Waals surface area contributed by atoms with Gasteiger partial charge in [-0.15, -0.1) is 0 Å². The summed E-state index contributed by atoms with van der Waals surface area (Å²) in [5, 5.41) is 7.45. The third-order valence-electron chi connectivity index (χ3n) is 9.86. The Morgan fingerprint density at radius 1 is 0.420 bits per heavy atom. The topological polar surface area (TPSA) is 6.48 Å². The second-order valence-corrected chi connectivity index (χ2v) is 13.6. The van der Waals surface area contributed by atoms with E-state index in [9.17, 15) is 0 Å². The SMILES string of the molecule is C=C(C)c1ccc(N(c2cccc(C)c2)c2ccc3ccc4c(N(c5ccc(C(=C)C)cc5)c5cccc(C)c5)ccc5ccc2c3c54)cc1. The molecule has 0 aliphatic rings. The first kappa shape index (κ1) is 31.2. The van der Waals surface area contributed by atoms with Crippen molar-refractivity contribution in [3.63, 3.8) is 0 Å². The van der Waals surface area contributed by atoms with Gasteiger partial charge in [0.2, 0.25) is 0 Å². The summed E-state index contributed by atoms with van der Waals surface area (Å²) in [5.74, 6) is 0. The number of allylic oxidation sites excluding steroid dienone is 2. The molecule has 0 aliphatic carbocycles. The van der Waals surface area contributed by atoms with Crippen LogP contribution in [-0.2, 0) is 0 Å². The predicted molar refractivity (Wildman–Crippen MR) is 218 cm³/mol. The van der Waals surface area contributed by atoms with E-state index in [2.05, 4.69) is 196 Å². The van der Waals surface area contributed by atoms with Crippen LogP contribution in [0.5, 0.6) is 0 Å². The van der Waals surface area contributed by atoms with Gasteiger partial charge < -0.3 is 9.80 Å². The summed E-state index contributed by atoms with van der Waals surface area (Å²) in [7, 11) is 0. The van der Waals surface area contributed by atoms with E-state index in [1.165, 1.54) is 43.4 Å². The first-order chi connectivity index (χ1) is 24.3. The molecule has 0 N–H and O–H groups in total. The zero-order chi connectivity index (χ0) is 34.5. The minimum Gasteiger partial charge on any atom is -0.310 e. The predicted octanol–water partition coefficient (Wildman–Crippen LogP) is 14.2. The first-order valence-corrected chi connectivity index (χ1v) is 17.2. The quantitative estimate of drug-likeness (QED) is 0.152. The lowest BCUT2D eigenvalue weighted by Gasteiger charge is -2.29. The Bertz CT molecular complexity index is 2370. The molecule has 0 unspecified atom stereocenters. The number of hydrogen-bond donors (Lipinski definition) is 0. The summed E-state index contributed by atoms with van der Waals surface area (Å²) in [6.45, 7) is 16.8. The minimum absolute atomic E-state index is 1.06. The highest BCUT2D eigenvalue weighted by Gasteiger charge is 2.22. The summed E-state index contributed by atoms with van der Waals surface area (Å²) < 4.78 is 0. The number of benzene rings is 8. The fraction of sp³-hybridized carbons (Fsp3) is 0.0833. The van der Waals surface area contributed by atoms with Crippen LogP contribution in [0.15, 0.2) is 159 Å².